The largest absolute Gasteiger partial charge is 0.493 e. The van der Waals surface area contributed by atoms with Gasteiger partial charge in [0.2, 0.25) is 0 Å². The Morgan fingerprint density at radius 3 is 2.71 bits per heavy atom. The normalized spacial score (nSPS) is 11.0. The lowest BCUT2D eigenvalue weighted by molar-refractivity contribution is -0.124. The molecule has 0 radical (unpaired) electrons. The number of aromatic nitrogens is 4. The number of aromatic amines is 1. The van der Waals surface area contributed by atoms with Gasteiger partial charge in [-0.1, -0.05) is 11.2 Å². The number of amides is 1. The number of hydrogen-bond donors (Lipinski definition) is 3. The molecule has 0 bridgehead atoms. The first-order chi connectivity index (χ1) is 11.4. The number of anilines is 1. The van der Waals surface area contributed by atoms with Crippen LogP contribution in [0, 0.1) is 0 Å². The van der Waals surface area contributed by atoms with Crippen molar-refractivity contribution in [3.05, 3.63) is 23.8 Å². The predicted octanol–water partition coefficient (Wildman–Crippen LogP) is 1.11. The molecule has 1 aromatic carbocycles. The maximum Gasteiger partial charge on any atom is 0.263 e. The molecule has 0 saturated heterocycles. The topological polar surface area (TPSA) is 114 Å². The highest BCUT2D eigenvalue weighted by molar-refractivity contribution is 5.78. The number of methoxy groups -OCH3 is 1. The van der Waals surface area contributed by atoms with Crippen LogP contribution in [-0.4, -0.2) is 45.8 Å². The lowest BCUT2D eigenvalue weighted by Gasteiger charge is -2.20. The molecule has 0 aliphatic rings. The van der Waals surface area contributed by atoms with E-state index in [0.717, 1.165) is 5.56 Å². The minimum atomic E-state index is -0.296. The summed E-state index contributed by atoms with van der Waals surface area (Å²) in [4.78, 5) is 11.8. The van der Waals surface area contributed by atoms with E-state index in [2.05, 4.69) is 31.3 Å². The summed E-state index contributed by atoms with van der Waals surface area (Å²) in [6, 6.07) is 5.45. The molecule has 0 aliphatic carbocycles. The second kappa shape index (κ2) is 7.62. The molecule has 1 heterocycles. The van der Waals surface area contributed by atoms with E-state index < -0.39 is 0 Å². The van der Waals surface area contributed by atoms with E-state index in [1.54, 1.807) is 13.2 Å². The van der Waals surface area contributed by atoms with Gasteiger partial charge in [-0.25, -0.2) is 0 Å². The molecule has 0 saturated carbocycles. The summed E-state index contributed by atoms with van der Waals surface area (Å²) in [5, 5.41) is 19.3. The SMILES string of the molecule is COc1cc(CNc2nn[nH]n2)ccc1OCC(=O)NC(C)(C)C. The van der Waals surface area contributed by atoms with Gasteiger partial charge in [0, 0.05) is 12.1 Å². The van der Waals surface area contributed by atoms with Crippen LogP contribution in [0.25, 0.3) is 0 Å². The van der Waals surface area contributed by atoms with Crippen molar-refractivity contribution in [3.8, 4) is 11.5 Å². The highest BCUT2D eigenvalue weighted by atomic mass is 16.5. The number of carbonyl (C=O) groups excluding carboxylic acids is 1. The highest BCUT2D eigenvalue weighted by Crippen LogP contribution is 2.28. The summed E-state index contributed by atoms with van der Waals surface area (Å²) in [5.41, 5.74) is 0.651. The molecular weight excluding hydrogens is 312 g/mol. The van der Waals surface area contributed by atoms with Crippen molar-refractivity contribution in [2.24, 2.45) is 0 Å². The standard InChI is InChI=1S/C15H22N6O3/c1-15(2,3)17-13(22)9-24-11-6-5-10(7-12(11)23-4)8-16-14-18-20-21-19-14/h5-7H,8-9H2,1-4H3,(H,17,22)(H2,16,18,19,20,21). The van der Waals surface area contributed by atoms with E-state index in [-0.39, 0.29) is 18.1 Å². The highest BCUT2D eigenvalue weighted by Gasteiger charge is 2.15. The van der Waals surface area contributed by atoms with Gasteiger partial charge in [0.25, 0.3) is 11.9 Å². The number of H-pyrrole nitrogens is 1. The number of ether oxygens (including phenoxy) is 2. The smallest absolute Gasteiger partial charge is 0.263 e. The minimum Gasteiger partial charge on any atom is -0.493 e. The number of tetrazole rings is 1. The van der Waals surface area contributed by atoms with Crippen molar-refractivity contribution in [1.82, 2.24) is 25.9 Å². The van der Waals surface area contributed by atoms with Crippen LogP contribution < -0.4 is 20.1 Å². The number of nitrogens with one attached hydrogen (secondary N) is 3. The van der Waals surface area contributed by atoms with Crippen LogP contribution in [0.4, 0.5) is 5.95 Å². The van der Waals surface area contributed by atoms with E-state index in [1.807, 2.05) is 32.9 Å². The fourth-order valence-corrected chi connectivity index (χ4v) is 1.96. The van der Waals surface area contributed by atoms with Crippen molar-refractivity contribution < 1.29 is 14.3 Å². The third-order valence-electron chi connectivity index (χ3n) is 2.90. The van der Waals surface area contributed by atoms with Crippen LogP contribution >= 0.6 is 0 Å². The van der Waals surface area contributed by atoms with Gasteiger partial charge in [0.15, 0.2) is 18.1 Å². The molecule has 0 spiro atoms. The molecule has 9 heteroatoms. The van der Waals surface area contributed by atoms with Crippen LogP contribution in [0.1, 0.15) is 26.3 Å². The molecule has 1 aromatic heterocycles. The Morgan fingerprint density at radius 1 is 1.29 bits per heavy atom. The Kier molecular flexibility index (Phi) is 5.56. The van der Waals surface area contributed by atoms with Gasteiger partial charge in [-0.15, -0.1) is 5.10 Å². The number of nitrogens with zero attached hydrogens (tertiary/aromatic N) is 3. The Balaban J connectivity index is 1.94. The van der Waals surface area contributed by atoms with Gasteiger partial charge >= 0.3 is 0 Å². The van der Waals surface area contributed by atoms with Gasteiger partial charge in [-0.05, 0) is 43.7 Å². The lowest BCUT2D eigenvalue weighted by Crippen LogP contribution is -2.43. The van der Waals surface area contributed by atoms with Gasteiger partial charge in [0.1, 0.15) is 0 Å². The average molecular weight is 334 g/mol. The molecule has 0 aliphatic heterocycles. The molecule has 0 atom stereocenters. The summed E-state index contributed by atoms with van der Waals surface area (Å²) in [7, 11) is 1.55. The molecular formula is C15H22N6O3. The molecule has 0 fully saturated rings. The van der Waals surface area contributed by atoms with E-state index in [9.17, 15) is 4.79 Å². The second-order valence-electron chi connectivity index (χ2n) is 6.16. The number of carbonyl (C=O) groups is 1. The number of rotatable bonds is 7. The van der Waals surface area contributed by atoms with Crippen molar-refractivity contribution >= 4 is 11.9 Å². The summed E-state index contributed by atoms with van der Waals surface area (Å²) in [5.74, 6) is 1.27. The fraction of sp³-hybridized carbons (Fsp3) is 0.467. The molecule has 2 aromatic rings. The van der Waals surface area contributed by atoms with E-state index in [4.69, 9.17) is 9.47 Å². The zero-order chi connectivity index (χ0) is 17.6. The zero-order valence-corrected chi connectivity index (χ0v) is 14.2. The quantitative estimate of drug-likeness (QED) is 0.695. The van der Waals surface area contributed by atoms with Crippen molar-refractivity contribution in [2.45, 2.75) is 32.9 Å². The van der Waals surface area contributed by atoms with Crippen LogP contribution in [0.5, 0.6) is 11.5 Å². The van der Waals surface area contributed by atoms with Gasteiger partial charge in [-0.3, -0.25) is 4.79 Å². The van der Waals surface area contributed by atoms with Crippen LogP contribution in [0.2, 0.25) is 0 Å². The van der Waals surface area contributed by atoms with Crippen molar-refractivity contribution in [3.63, 3.8) is 0 Å². The van der Waals surface area contributed by atoms with E-state index in [1.165, 1.54) is 0 Å². The first-order valence-electron chi connectivity index (χ1n) is 7.45. The Morgan fingerprint density at radius 2 is 2.08 bits per heavy atom. The number of hydrogen-bond acceptors (Lipinski definition) is 7. The summed E-state index contributed by atoms with van der Waals surface area (Å²) in [6.45, 7) is 6.17. The average Bonchev–Trinajstić information content (AvgIpc) is 3.03. The van der Waals surface area contributed by atoms with E-state index in [0.29, 0.717) is 24.0 Å². The zero-order valence-electron chi connectivity index (χ0n) is 14.2. The summed E-state index contributed by atoms with van der Waals surface area (Å²) >= 11 is 0. The van der Waals surface area contributed by atoms with Gasteiger partial charge in [-0.2, -0.15) is 5.21 Å². The van der Waals surface area contributed by atoms with Crippen LogP contribution in [0.3, 0.4) is 0 Å². The fourth-order valence-electron chi connectivity index (χ4n) is 1.96. The molecule has 130 valence electrons. The maximum absolute atomic E-state index is 11.8. The first kappa shape index (κ1) is 17.5. The molecule has 0 unspecified atom stereocenters. The maximum atomic E-state index is 11.8. The molecule has 24 heavy (non-hydrogen) atoms. The summed E-state index contributed by atoms with van der Waals surface area (Å²) in [6.07, 6.45) is 0. The van der Waals surface area contributed by atoms with Gasteiger partial charge in [0.05, 0.1) is 7.11 Å². The monoisotopic (exact) mass is 334 g/mol. The molecule has 3 N–H and O–H groups in total. The second-order valence-corrected chi connectivity index (χ2v) is 6.16. The van der Waals surface area contributed by atoms with Crippen molar-refractivity contribution in [1.29, 1.82) is 0 Å². The Labute approximate surface area is 140 Å². The third-order valence-corrected chi connectivity index (χ3v) is 2.90. The minimum absolute atomic E-state index is 0.0753. The molecule has 9 nitrogen and oxygen atoms in total. The van der Waals surface area contributed by atoms with Crippen LogP contribution in [-0.2, 0) is 11.3 Å². The summed E-state index contributed by atoms with van der Waals surface area (Å²) < 4.78 is 10.9. The predicted molar refractivity (Wildman–Crippen MR) is 87.9 cm³/mol. The Bertz CT molecular complexity index is 666. The third kappa shape index (κ3) is 5.41. The number of benzene rings is 1. The molecule has 1 amide bonds. The van der Waals surface area contributed by atoms with Crippen molar-refractivity contribution in [2.75, 3.05) is 19.0 Å². The lowest BCUT2D eigenvalue weighted by atomic mass is 10.1. The van der Waals surface area contributed by atoms with E-state index >= 15 is 0 Å². The van der Waals surface area contributed by atoms with Crippen LogP contribution in [0.15, 0.2) is 18.2 Å². The Hall–Kier alpha value is -2.84. The van der Waals surface area contributed by atoms with Gasteiger partial charge < -0.3 is 20.1 Å². The first-order valence-corrected chi connectivity index (χ1v) is 7.45. The molecule has 2 rings (SSSR count).